The number of amides is 1. The lowest BCUT2D eigenvalue weighted by molar-refractivity contribution is -0.123. The molecule has 2 aromatic rings. The van der Waals surface area contributed by atoms with Crippen molar-refractivity contribution in [1.82, 2.24) is 5.32 Å². The molecule has 116 valence electrons. The van der Waals surface area contributed by atoms with Gasteiger partial charge in [-0.1, -0.05) is 30.3 Å². The number of hydrogen-bond acceptors (Lipinski definition) is 3. The summed E-state index contributed by atoms with van der Waals surface area (Å²) in [5.41, 5.74) is 0. The van der Waals surface area contributed by atoms with Crippen LogP contribution in [-0.4, -0.2) is 32.3 Å². The van der Waals surface area contributed by atoms with Gasteiger partial charge in [-0.25, -0.2) is 0 Å². The Hall–Kier alpha value is -2.07. The van der Waals surface area contributed by atoms with E-state index in [1.54, 1.807) is 0 Å². The van der Waals surface area contributed by atoms with Gasteiger partial charge in [0, 0.05) is 13.2 Å². The van der Waals surface area contributed by atoms with Crippen molar-refractivity contribution < 1.29 is 14.3 Å². The zero-order valence-electron chi connectivity index (χ0n) is 12.6. The van der Waals surface area contributed by atoms with Gasteiger partial charge in [0.25, 0.3) is 5.91 Å². The van der Waals surface area contributed by atoms with Crippen molar-refractivity contribution in [3.63, 3.8) is 0 Å². The predicted octanol–water partition coefficient (Wildman–Crippen LogP) is 2.76. The summed E-state index contributed by atoms with van der Waals surface area (Å²) in [5.74, 6) is 1.06. The van der Waals surface area contributed by atoms with Crippen LogP contribution in [0.4, 0.5) is 0 Å². The first-order valence-corrected chi connectivity index (χ1v) is 7.77. The quantitative estimate of drug-likeness (QED) is 0.923. The van der Waals surface area contributed by atoms with Gasteiger partial charge in [-0.2, -0.15) is 0 Å². The minimum atomic E-state index is -0.0845. The Morgan fingerprint density at radius 2 is 2.09 bits per heavy atom. The molecule has 0 aliphatic carbocycles. The third-order valence-corrected chi connectivity index (χ3v) is 3.93. The maximum Gasteiger partial charge on any atom is 0.257 e. The molecule has 1 amide bonds. The van der Waals surface area contributed by atoms with Crippen molar-refractivity contribution in [3.05, 3.63) is 42.5 Å². The summed E-state index contributed by atoms with van der Waals surface area (Å²) in [7, 11) is 0. The Morgan fingerprint density at radius 3 is 2.91 bits per heavy atom. The lowest BCUT2D eigenvalue weighted by Crippen LogP contribution is -2.35. The summed E-state index contributed by atoms with van der Waals surface area (Å²) in [6.07, 6.45) is 2.19. The van der Waals surface area contributed by atoms with Gasteiger partial charge < -0.3 is 14.8 Å². The van der Waals surface area contributed by atoms with Gasteiger partial charge in [0.15, 0.2) is 6.61 Å². The first-order chi connectivity index (χ1) is 10.8. The summed E-state index contributed by atoms with van der Waals surface area (Å²) >= 11 is 0. The van der Waals surface area contributed by atoms with Crippen LogP contribution in [-0.2, 0) is 9.53 Å². The van der Waals surface area contributed by atoms with Gasteiger partial charge in [-0.05, 0) is 41.7 Å². The number of hydrogen-bond donors (Lipinski definition) is 1. The van der Waals surface area contributed by atoms with Crippen LogP contribution in [0.1, 0.15) is 12.8 Å². The fourth-order valence-electron chi connectivity index (χ4n) is 2.68. The second-order valence-electron chi connectivity index (χ2n) is 5.68. The van der Waals surface area contributed by atoms with Crippen LogP contribution in [0.15, 0.2) is 42.5 Å². The van der Waals surface area contributed by atoms with E-state index in [0.29, 0.717) is 12.5 Å². The lowest BCUT2D eigenvalue weighted by Gasteiger charge is -2.22. The van der Waals surface area contributed by atoms with E-state index in [4.69, 9.17) is 9.47 Å². The fraction of sp³-hybridized carbons (Fsp3) is 0.389. The minimum absolute atomic E-state index is 0.0475. The first kappa shape index (κ1) is 14.9. The van der Waals surface area contributed by atoms with Crippen LogP contribution >= 0.6 is 0 Å². The first-order valence-electron chi connectivity index (χ1n) is 7.77. The molecule has 0 bridgehead atoms. The summed E-state index contributed by atoms with van der Waals surface area (Å²) in [5, 5.41) is 5.19. The van der Waals surface area contributed by atoms with Gasteiger partial charge in [-0.3, -0.25) is 4.79 Å². The standard InChI is InChI=1S/C18H21NO3/c20-18(19-11-14-4-3-9-21-12-14)13-22-17-8-7-15-5-1-2-6-16(15)10-17/h1-2,5-8,10,14H,3-4,9,11-13H2,(H,19,20)/t14-/m0/s1. The summed E-state index contributed by atoms with van der Waals surface area (Å²) in [6, 6.07) is 13.9. The molecular weight excluding hydrogens is 278 g/mol. The molecule has 1 atom stereocenters. The molecule has 0 spiro atoms. The molecule has 4 heteroatoms. The number of fused-ring (bicyclic) bond motifs is 1. The molecule has 1 saturated heterocycles. The average Bonchev–Trinajstić information content (AvgIpc) is 2.59. The fourth-order valence-corrected chi connectivity index (χ4v) is 2.68. The largest absolute Gasteiger partial charge is 0.484 e. The maximum atomic E-state index is 11.8. The Balaban J connectivity index is 1.47. The van der Waals surface area contributed by atoms with E-state index in [2.05, 4.69) is 11.4 Å². The monoisotopic (exact) mass is 299 g/mol. The van der Waals surface area contributed by atoms with Crippen molar-refractivity contribution in [2.24, 2.45) is 5.92 Å². The molecule has 0 radical (unpaired) electrons. The summed E-state index contributed by atoms with van der Waals surface area (Å²) < 4.78 is 11.0. The number of benzene rings is 2. The van der Waals surface area contributed by atoms with Crippen molar-refractivity contribution in [2.45, 2.75) is 12.8 Å². The second-order valence-corrected chi connectivity index (χ2v) is 5.68. The van der Waals surface area contributed by atoms with Crippen LogP contribution < -0.4 is 10.1 Å². The SMILES string of the molecule is O=C(COc1ccc2ccccc2c1)NC[C@@H]1CCCOC1. The molecule has 0 aromatic heterocycles. The Bertz CT molecular complexity index is 635. The van der Waals surface area contributed by atoms with E-state index in [-0.39, 0.29) is 12.5 Å². The maximum absolute atomic E-state index is 11.8. The van der Waals surface area contributed by atoms with Crippen molar-refractivity contribution in [3.8, 4) is 5.75 Å². The summed E-state index contributed by atoms with van der Waals surface area (Å²) in [4.78, 5) is 11.8. The average molecular weight is 299 g/mol. The van der Waals surface area contributed by atoms with Crippen LogP contribution in [0.5, 0.6) is 5.75 Å². The third-order valence-electron chi connectivity index (χ3n) is 3.93. The van der Waals surface area contributed by atoms with E-state index in [0.717, 1.165) is 42.6 Å². The zero-order valence-corrected chi connectivity index (χ0v) is 12.6. The van der Waals surface area contributed by atoms with E-state index in [1.165, 1.54) is 0 Å². The molecule has 0 unspecified atom stereocenters. The highest BCUT2D eigenvalue weighted by Crippen LogP contribution is 2.20. The minimum Gasteiger partial charge on any atom is -0.484 e. The molecule has 1 fully saturated rings. The number of ether oxygens (including phenoxy) is 2. The van der Waals surface area contributed by atoms with Gasteiger partial charge >= 0.3 is 0 Å². The van der Waals surface area contributed by atoms with Gasteiger partial charge in [0.2, 0.25) is 0 Å². The van der Waals surface area contributed by atoms with Crippen molar-refractivity contribution >= 4 is 16.7 Å². The smallest absolute Gasteiger partial charge is 0.257 e. The van der Waals surface area contributed by atoms with E-state index < -0.39 is 0 Å². The Morgan fingerprint density at radius 1 is 1.23 bits per heavy atom. The molecule has 1 aliphatic rings. The van der Waals surface area contributed by atoms with Gasteiger partial charge in [0.1, 0.15) is 5.75 Å². The number of carbonyl (C=O) groups is 1. The summed E-state index contributed by atoms with van der Waals surface area (Å²) in [6.45, 7) is 2.30. The molecule has 1 heterocycles. The number of nitrogens with one attached hydrogen (secondary N) is 1. The zero-order chi connectivity index (χ0) is 15.2. The van der Waals surface area contributed by atoms with Crippen LogP contribution in [0, 0.1) is 5.92 Å². The third kappa shape index (κ3) is 3.98. The normalized spacial score (nSPS) is 18.1. The highest BCUT2D eigenvalue weighted by Gasteiger charge is 2.14. The van der Waals surface area contributed by atoms with Crippen LogP contribution in [0.25, 0.3) is 10.8 Å². The second kappa shape index (κ2) is 7.27. The highest BCUT2D eigenvalue weighted by molar-refractivity contribution is 5.84. The number of rotatable bonds is 5. The Kier molecular flexibility index (Phi) is 4.91. The predicted molar refractivity (Wildman–Crippen MR) is 86.0 cm³/mol. The molecule has 22 heavy (non-hydrogen) atoms. The molecule has 1 N–H and O–H groups in total. The Labute approximate surface area is 130 Å². The van der Waals surface area contributed by atoms with E-state index >= 15 is 0 Å². The van der Waals surface area contributed by atoms with E-state index in [1.807, 2.05) is 36.4 Å². The van der Waals surface area contributed by atoms with Crippen molar-refractivity contribution in [2.75, 3.05) is 26.4 Å². The topological polar surface area (TPSA) is 47.6 Å². The van der Waals surface area contributed by atoms with Crippen LogP contribution in [0.3, 0.4) is 0 Å². The molecule has 4 nitrogen and oxygen atoms in total. The van der Waals surface area contributed by atoms with E-state index in [9.17, 15) is 4.79 Å². The lowest BCUT2D eigenvalue weighted by atomic mass is 10.0. The molecule has 1 aliphatic heterocycles. The number of carbonyl (C=O) groups excluding carboxylic acids is 1. The molecule has 0 saturated carbocycles. The molecule has 2 aromatic carbocycles. The van der Waals surface area contributed by atoms with Crippen LogP contribution in [0.2, 0.25) is 0 Å². The van der Waals surface area contributed by atoms with Gasteiger partial charge in [0.05, 0.1) is 6.61 Å². The molecular formula is C18H21NO3. The van der Waals surface area contributed by atoms with Gasteiger partial charge in [-0.15, -0.1) is 0 Å². The highest BCUT2D eigenvalue weighted by atomic mass is 16.5. The van der Waals surface area contributed by atoms with Crippen molar-refractivity contribution in [1.29, 1.82) is 0 Å². The molecule has 3 rings (SSSR count).